The van der Waals surface area contributed by atoms with Crippen molar-refractivity contribution in [1.82, 2.24) is 0 Å². The van der Waals surface area contributed by atoms with E-state index in [0.29, 0.717) is 6.42 Å². The first-order valence-corrected chi connectivity index (χ1v) is 5.93. The number of thioether (sulfide) groups is 1. The van der Waals surface area contributed by atoms with Crippen LogP contribution in [0.15, 0.2) is 22.8 Å². The van der Waals surface area contributed by atoms with Gasteiger partial charge in [-0.25, -0.2) is 0 Å². The molecule has 0 spiro atoms. The second-order valence-corrected chi connectivity index (χ2v) is 4.59. The number of furan rings is 1. The normalized spacial score (nSPS) is 12.7. The van der Waals surface area contributed by atoms with Gasteiger partial charge < -0.3 is 4.42 Å². The van der Waals surface area contributed by atoms with Crippen LogP contribution >= 0.6 is 11.8 Å². The van der Waals surface area contributed by atoms with E-state index in [1.165, 1.54) is 0 Å². The fraction of sp³-hybridized carbons (Fsp3) is 0.545. The number of hydrogen-bond acceptors (Lipinski definition) is 3. The van der Waals surface area contributed by atoms with Gasteiger partial charge in [0.05, 0.1) is 11.5 Å². The van der Waals surface area contributed by atoms with Gasteiger partial charge in [0.25, 0.3) is 0 Å². The van der Waals surface area contributed by atoms with Crippen molar-refractivity contribution in [1.29, 1.82) is 0 Å². The van der Waals surface area contributed by atoms with Gasteiger partial charge in [-0.15, -0.1) is 0 Å². The molecule has 0 N–H and O–H groups in total. The Morgan fingerprint density at radius 2 is 2.43 bits per heavy atom. The third-order valence-electron chi connectivity index (χ3n) is 1.86. The first-order valence-electron chi connectivity index (χ1n) is 4.88. The largest absolute Gasteiger partial charge is 0.468 e. The Morgan fingerprint density at radius 1 is 1.64 bits per heavy atom. The average Bonchev–Trinajstić information content (AvgIpc) is 2.64. The lowest BCUT2D eigenvalue weighted by atomic mass is 10.2. The van der Waals surface area contributed by atoms with Crippen molar-refractivity contribution >= 4 is 17.5 Å². The second-order valence-electron chi connectivity index (χ2n) is 3.28. The highest BCUT2D eigenvalue weighted by atomic mass is 32.2. The predicted molar refractivity (Wildman–Crippen MR) is 59.5 cm³/mol. The molecular formula is C11H16O2S. The van der Waals surface area contributed by atoms with Gasteiger partial charge in [0.2, 0.25) is 0 Å². The average molecular weight is 212 g/mol. The minimum absolute atomic E-state index is 0.197. The minimum atomic E-state index is 0.197. The lowest BCUT2D eigenvalue weighted by Gasteiger charge is -2.11. The van der Waals surface area contributed by atoms with Gasteiger partial charge in [-0.1, -0.05) is 6.92 Å². The topological polar surface area (TPSA) is 30.2 Å². The summed E-state index contributed by atoms with van der Waals surface area (Å²) in [5.74, 6) is 2.20. The van der Waals surface area contributed by atoms with E-state index in [1.54, 1.807) is 24.9 Å². The summed E-state index contributed by atoms with van der Waals surface area (Å²) < 4.78 is 5.32. The number of Topliss-reactive ketones (excluding diaryl/α,β-unsaturated/α-hetero) is 1. The fourth-order valence-electron chi connectivity index (χ4n) is 1.24. The molecule has 1 aromatic rings. The van der Waals surface area contributed by atoms with E-state index in [1.807, 2.05) is 12.1 Å². The zero-order valence-electron chi connectivity index (χ0n) is 8.66. The lowest BCUT2D eigenvalue weighted by molar-refractivity contribution is -0.117. The highest BCUT2D eigenvalue weighted by Crippen LogP contribution is 2.32. The molecule has 0 aliphatic heterocycles. The van der Waals surface area contributed by atoms with Gasteiger partial charge in [0, 0.05) is 6.42 Å². The maximum absolute atomic E-state index is 11.1. The molecule has 0 bridgehead atoms. The van der Waals surface area contributed by atoms with E-state index in [4.69, 9.17) is 4.42 Å². The minimum Gasteiger partial charge on any atom is -0.468 e. The Morgan fingerprint density at radius 3 is 2.93 bits per heavy atom. The van der Waals surface area contributed by atoms with Crippen LogP contribution in [0.25, 0.3) is 0 Å². The first-order chi connectivity index (χ1) is 6.74. The van der Waals surface area contributed by atoms with E-state index >= 15 is 0 Å². The maximum atomic E-state index is 11.1. The third kappa shape index (κ3) is 3.58. The molecule has 0 amide bonds. The monoisotopic (exact) mass is 212 g/mol. The highest BCUT2D eigenvalue weighted by molar-refractivity contribution is 7.99. The van der Waals surface area contributed by atoms with E-state index in [2.05, 4.69) is 6.92 Å². The van der Waals surface area contributed by atoms with Crippen molar-refractivity contribution in [3.05, 3.63) is 24.2 Å². The standard InChI is InChI=1S/C11H16O2S/c1-3-7-14-11(8-9(2)12)10-5-4-6-13-10/h4-6,11H,3,7-8H2,1-2H3. The fourth-order valence-corrected chi connectivity index (χ4v) is 2.41. The number of carbonyl (C=O) groups is 1. The van der Waals surface area contributed by atoms with Crippen molar-refractivity contribution in [2.24, 2.45) is 0 Å². The number of rotatable bonds is 6. The summed E-state index contributed by atoms with van der Waals surface area (Å²) in [5.41, 5.74) is 0. The molecule has 78 valence electrons. The molecule has 0 fully saturated rings. The number of hydrogen-bond donors (Lipinski definition) is 0. The summed E-state index contributed by atoms with van der Waals surface area (Å²) in [7, 11) is 0. The van der Waals surface area contributed by atoms with Crippen LogP contribution in [-0.2, 0) is 4.79 Å². The van der Waals surface area contributed by atoms with E-state index in [-0.39, 0.29) is 11.0 Å². The van der Waals surface area contributed by atoms with Crippen LogP contribution in [0.4, 0.5) is 0 Å². The zero-order chi connectivity index (χ0) is 10.4. The van der Waals surface area contributed by atoms with Gasteiger partial charge in [0.15, 0.2) is 0 Å². The van der Waals surface area contributed by atoms with Crippen LogP contribution in [-0.4, -0.2) is 11.5 Å². The maximum Gasteiger partial charge on any atom is 0.131 e. The molecule has 0 saturated carbocycles. The molecule has 0 aromatic carbocycles. The Balaban J connectivity index is 2.57. The molecule has 1 aromatic heterocycles. The summed E-state index contributed by atoms with van der Waals surface area (Å²) in [6, 6.07) is 3.81. The Hall–Kier alpha value is -0.700. The molecule has 0 radical (unpaired) electrons. The summed E-state index contributed by atoms with van der Waals surface area (Å²) in [6.07, 6.45) is 3.35. The van der Waals surface area contributed by atoms with Crippen molar-refractivity contribution in [2.45, 2.75) is 31.9 Å². The Labute approximate surface area is 89.1 Å². The molecule has 1 rings (SSSR count). The Bertz CT molecular complexity index is 267. The van der Waals surface area contributed by atoms with Crippen molar-refractivity contribution in [2.75, 3.05) is 5.75 Å². The van der Waals surface area contributed by atoms with Crippen molar-refractivity contribution in [3.8, 4) is 0 Å². The highest BCUT2D eigenvalue weighted by Gasteiger charge is 2.16. The summed E-state index contributed by atoms with van der Waals surface area (Å²) in [4.78, 5) is 11.1. The molecule has 0 aliphatic carbocycles. The van der Waals surface area contributed by atoms with Crippen molar-refractivity contribution in [3.63, 3.8) is 0 Å². The van der Waals surface area contributed by atoms with Crippen LogP contribution in [0.2, 0.25) is 0 Å². The molecule has 1 heterocycles. The summed E-state index contributed by atoms with van der Waals surface area (Å²) in [5, 5.41) is 0.197. The van der Waals surface area contributed by atoms with E-state index in [0.717, 1.165) is 17.9 Å². The van der Waals surface area contributed by atoms with Gasteiger partial charge in [-0.2, -0.15) is 11.8 Å². The lowest BCUT2D eigenvalue weighted by Crippen LogP contribution is -2.00. The van der Waals surface area contributed by atoms with Crippen LogP contribution < -0.4 is 0 Å². The molecule has 3 heteroatoms. The van der Waals surface area contributed by atoms with Crippen molar-refractivity contribution < 1.29 is 9.21 Å². The SMILES string of the molecule is CCCSC(CC(C)=O)c1ccco1. The second kappa shape index (κ2) is 5.91. The van der Waals surface area contributed by atoms with Gasteiger partial charge in [-0.3, -0.25) is 4.79 Å². The van der Waals surface area contributed by atoms with Crippen LogP contribution in [0.3, 0.4) is 0 Å². The third-order valence-corrected chi connectivity index (χ3v) is 3.30. The quantitative estimate of drug-likeness (QED) is 0.723. The zero-order valence-corrected chi connectivity index (χ0v) is 9.47. The summed E-state index contributed by atoms with van der Waals surface area (Å²) in [6.45, 7) is 3.77. The van der Waals surface area contributed by atoms with Crippen LogP contribution in [0.1, 0.15) is 37.7 Å². The number of carbonyl (C=O) groups excluding carboxylic acids is 1. The molecule has 0 aliphatic rings. The van der Waals surface area contributed by atoms with Gasteiger partial charge in [0.1, 0.15) is 11.5 Å². The smallest absolute Gasteiger partial charge is 0.131 e. The molecule has 14 heavy (non-hydrogen) atoms. The molecular weight excluding hydrogens is 196 g/mol. The predicted octanol–water partition coefficient (Wildman–Crippen LogP) is 3.44. The first kappa shape index (κ1) is 11.4. The molecule has 1 unspecified atom stereocenters. The van der Waals surface area contributed by atoms with Gasteiger partial charge in [-0.05, 0) is 31.2 Å². The molecule has 2 nitrogen and oxygen atoms in total. The van der Waals surface area contributed by atoms with Gasteiger partial charge >= 0.3 is 0 Å². The van der Waals surface area contributed by atoms with E-state index < -0.39 is 0 Å². The van der Waals surface area contributed by atoms with E-state index in [9.17, 15) is 4.79 Å². The Kier molecular flexibility index (Phi) is 4.80. The van der Waals surface area contributed by atoms with Crippen LogP contribution in [0, 0.1) is 0 Å². The number of ketones is 1. The molecule has 0 saturated heterocycles. The summed E-state index contributed by atoms with van der Waals surface area (Å²) >= 11 is 1.79. The molecule has 1 atom stereocenters. The van der Waals surface area contributed by atoms with Crippen LogP contribution in [0.5, 0.6) is 0 Å².